The summed E-state index contributed by atoms with van der Waals surface area (Å²) in [6, 6.07) is 49.0. The minimum Gasteiger partial charge on any atom is -0.246 e. The summed E-state index contributed by atoms with van der Waals surface area (Å²) in [4.78, 5) is 18.8. The summed E-state index contributed by atoms with van der Waals surface area (Å²) in [5.41, 5.74) is 7.65. The Morgan fingerprint density at radius 1 is 0.302 bits per heavy atom. The average Bonchev–Trinajstić information content (AvgIpc) is 3.08. The van der Waals surface area contributed by atoms with Gasteiger partial charge < -0.3 is 0 Å². The second-order valence-electron chi connectivity index (χ2n) is 9.61. The number of aromatic nitrogens is 4. The molecule has 4 aromatic heterocycles. The molecule has 0 aliphatic carbocycles. The molecule has 0 N–H and O–H groups in total. The molecular formula is C36H24Cl2N4Ru. The van der Waals surface area contributed by atoms with Gasteiger partial charge in [0, 0.05) is 21.5 Å². The fourth-order valence-corrected chi connectivity index (χ4v) is 4.83. The van der Waals surface area contributed by atoms with Gasteiger partial charge in [-0.05, 0) is 48.5 Å². The van der Waals surface area contributed by atoms with Gasteiger partial charge in [0.05, 0.1) is 44.8 Å². The van der Waals surface area contributed by atoms with Crippen molar-refractivity contribution in [3.8, 4) is 22.8 Å². The monoisotopic (exact) mass is 684 g/mol. The molecule has 210 valence electrons. The molecule has 4 nitrogen and oxygen atoms in total. The fourth-order valence-electron chi connectivity index (χ4n) is 4.83. The normalized spacial score (nSPS) is 10.7. The van der Waals surface area contributed by atoms with E-state index in [1.807, 2.05) is 97.1 Å². The van der Waals surface area contributed by atoms with Crippen LogP contribution < -0.4 is 0 Å². The summed E-state index contributed by atoms with van der Waals surface area (Å²) in [5.74, 6) is 0. The molecular weight excluding hydrogens is 660 g/mol. The second kappa shape index (κ2) is 13.8. The molecule has 0 aliphatic rings. The number of nitrogens with zero attached hydrogens (tertiary/aromatic N) is 4. The molecule has 0 fully saturated rings. The van der Waals surface area contributed by atoms with Gasteiger partial charge in [-0.15, -0.1) is 0 Å². The molecule has 0 spiro atoms. The molecule has 0 aliphatic heterocycles. The summed E-state index contributed by atoms with van der Waals surface area (Å²) >= 11 is -0.346. The van der Waals surface area contributed by atoms with Crippen LogP contribution >= 0.6 is 19.4 Å². The zero-order valence-electron chi connectivity index (χ0n) is 22.8. The molecule has 8 aromatic rings. The molecule has 4 aromatic carbocycles. The van der Waals surface area contributed by atoms with Crippen molar-refractivity contribution in [2.24, 2.45) is 0 Å². The molecule has 0 atom stereocenters. The molecule has 8 rings (SSSR count). The van der Waals surface area contributed by atoms with Crippen LogP contribution in [0.5, 0.6) is 0 Å². The minimum absolute atomic E-state index is 0.346. The Morgan fingerprint density at radius 3 is 0.744 bits per heavy atom. The Hall–Kier alpha value is -4.28. The van der Waals surface area contributed by atoms with E-state index >= 15 is 0 Å². The first-order valence-corrected chi connectivity index (χ1v) is 18.0. The number of hydrogen-bond donors (Lipinski definition) is 0. The van der Waals surface area contributed by atoms with Gasteiger partial charge in [-0.25, -0.2) is 19.9 Å². The first-order chi connectivity index (χ1) is 21.2. The SMILES string of the molecule is [Cl][Ru][Cl].c1ccc2nc(-c3ccc4ccccc4n3)ccc2c1.c1ccc2nc(-c3ccc4ccccc4n3)ccc2c1. The summed E-state index contributed by atoms with van der Waals surface area (Å²) in [6.45, 7) is 0. The van der Waals surface area contributed by atoms with Gasteiger partial charge in [0.25, 0.3) is 0 Å². The van der Waals surface area contributed by atoms with Gasteiger partial charge in [-0.1, -0.05) is 97.1 Å². The predicted molar refractivity (Wildman–Crippen MR) is 177 cm³/mol. The number of halogens is 2. The van der Waals surface area contributed by atoms with Crippen molar-refractivity contribution >= 4 is 63.0 Å². The van der Waals surface area contributed by atoms with Crippen LogP contribution in [0.1, 0.15) is 0 Å². The maximum absolute atomic E-state index is 4.85. The van der Waals surface area contributed by atoms with Crippen molar-refractivity contribution in [3.63, 3.8) is 0 Å². The molecule has 0 unspecified atom stereocenters. The van der Waals surface area contributed by atoms with Gasteiger partial charge in [0.15, 0.2) is 0 Å². The zero-order chi connectivity index (χ0) is 29.4. The summed E-state index contributed by atoms with van der Waals surface area (Å²) in [5, 5.41) is 4.60. The molecule has 7 heteroatoms. The van der Waals surface area contributed by atoms with E-state index in [4.69, 9.17) is 19.4 Å². The molecule has 0 amide bonds. The van der Waals surface area contributed by atoms with Crippen molar-refractivity contribution in [1.82, 2.24) is 19.9 Å². The largest absolute Gasteiger partial charge is 0.246 e. The Labute approximate surface area is 265 Å². The molecule has 0 radical (unpaired) electrons. The maximum Gasteiger partial charge on any atom is 0.0894 e. The third-order valence-corrected chi connectivity index (χ3v) is 6.92. The standard InChI is InChI=1S/2C18H12N2.2ClH.Ru/c2*1-3-7-15-13(5-1)9-11-17(19-15)18-12-10-14-6-2-4-8-16(14)20-18;;;/h2*1-12H;2*1H;/q;;;;+2/p-2. The summed E-state index contributed by atoms with van der Waals surface area (Å²) < 4.78 is 0. The van der Waals surface area contributed by atoms with E-state index in [1.165, 1.54) is 0 Å². The molecule has 43 heavy (non-hydrogen) atoms. The van der Waals surface area contributed by atoms with Crippen LogP contribution in [0.3, 0.4) is 0 Å². The van der Waals surface area contributed by atoms with E-state index in [0.717, 1.165) is 66.4 Å². The molecule has 0 saturated heterocycles. The van der Waals surface area contributed by atoms with Gasteiger partial charge in [0.2, 0.25) is 0 Å². The Bertz CT molecular complexity index is 1860. The van der Waals surface area contributed by atoms with E-state index in [2.05, 4.69) is 68.5 Å². The van der Waals surface area contributed by atoms with Crippen LogP contribution in [0.15, 0.2) is 146 Å². The Morgan fingerprint density at radius 2 is 0.512 bits per heavy atom. The van der Waals surface area contributed by atoms with Gasteiger partial charge in [-0.2, -0.15) is 0 Å². The molecule has 4 heterocycles. The van der Waals surface area contributed by atoms with E-state index < -0.39 is 0 Å². The van der Waals surface area contributed by atoms with Crippen LogP contribution in [0, 0.1) is 0 Å². The first-order valence-electron chi connectivity index (χ1n) is 13.5. The van der Waals surface area contributed by atoms with Gasteiger partial charge >= 0.3 is 34.5 Å². The predicted octanol–water partition coefficient (Wildman–Crippen LogP) is 10.3. The van der Waals surface area contributed by atoms with Crippen molar-refractivity contribution in [2.45, 2.75) is 0 Å². The van der Waals surface area contributed by atoms with Gasteiger partial charge in [-0.3, -0.25) is 0 Å². The number of para-hydroxylation sites is 4. The van der Waals surface area contributed by atoms with E-state index in [-0.39, 0.29) is 15.1 Å². The second-order valence-corrected chi connectivity index (χ2v) is 12.2. The average molecular weight is 685 g/mol. The van der Waals surface area contributed by atoms with E-state index in [0.29, 0.717) is 0 Å². The summed E-state index contributed by atoms with van der Waals surface area (Å²) in [7, 11) is 9.71. The summed E-state index contributed by atoms with van der Waals surface area (Å²) in [6.07, 6.45) is 0. The van der Waals surface area contributed by atoms with Crippen molar-refractivity contribution < 1.29 is 15.1 Å². The maximum atomic E-state index is 4.85. The topological polar surface area (TPSA) is 51.6 Å². The quantitative estimate of drug-likeness (QED) is 0.170. The number of hydrogen-bond acceptors (Lipinski definition) is 4. The third kappa shape index (κ3) is 6.87. The third-order valence-electron chi connectivity index (χ3n) is 6.92. The van der Waals surface area contributed by atoms with Crippen LogP contribution in [-0.2, 0) is 15.1 Å². The number of pyridine rings is 4. The molecule has 0 bridgehead atoms. The number of fused-ring (bicyclic) bond motifs is 4. The number of benzene rings is 4. The minimum atomic E-state index is -0.346. The van der Waals surface area contributed by atoms with Crippen LogP contribution in [-0.4, -0.2) is 19.9 Å². The van der Waals surface area contributed by atoms with E-state index in [1.54, 1.807) is 0 Å². The van der Waals surface area contributed by atoms with E-state index in [9.17, 15) is 0 Å². The van der Waals surface area contributed by atoms with Crippen LogP contribution in [0.25, 0.3) is 66.4 Å². The van der Waals surface area contributed by atoms with Crippen molar-refractivity contribution in [1.29, 1.82) is 0 Å². The van der Waals surface area contributed by atoms with Gasteiger partial charge in [0.1, 0.15) is 0 Å². The first kappa shape index (κ1) is 28.8. The van der Waals surface area contributed by atoms with Crippen molar-refractivity contribution in [3.05, 3.63) is 146 Å². The Kier molecular flexibility index (Phi) is 9.25. The number of rotatable bonds is 2. The van der Waals surface area contributed by atoms with Crippen LogP contribution in [0.2, 0.25) is 0 Å². The van der Waals surface area contributed by atoms with Crippen LogP contribution in [0.4, 0.5) is 0 Å². The smallest absolute Gasteiger partial charge is 0.0894 e. The van der Waals surface area contributed by atoms with Crippen molar-refractivity contribution in [2.75, 3.05) is 0 Å². The molecule has 0 saturated carbocycles. The zero-order valence-corrected chi connectivity index (χ0v) is 26.0. The fraction of sp³-hybridized carbons (Fsp3) is 0. The Balaban J connectivity index is 0.000000141.